The van der Waals surface area contributed by atoms with Crippen molar-refractivity contribution in [3.63, 3.8) is 0 Å². The van der Waals surface area contributed by atoms with Crippen LogP contribution < -0.4 is 0 Å². The normalized spacial score (nSPS) is 18.8. The molecule has 0 saturated carbocycles. The van der Waals surface area contributed by atoms with Crippen molar-refractivity contribution in [2.75, 3.05) is 19.7 Å². The Bertz CT molecular complexity index is 1020. The second kappa shape index (κ2) is 12.2. The molecule has 3 atom stereocenters. The highest BCUT2D eigenvalue weighted by Crippen LogP contribution is 2.38. The summed E-state index contributed by atoms with van der Waals surface area (Å²) >= 11 is 0. The first-order valence-corrected chi connectivity index (χ1v) is 16.3. The summed E-state index contributed by atoms with van der Waals surface area (Å²) in [5, 5.41) is 0.121. The van der Waals surface area contributed by atoms with E-state index in [1.54, 1.807) is 6.07 Å². The number of likely N-dealkylation sites (tertiary alicyclic amines) is 1. The van der Waals surface area contributed by atoms with E-state index in [0.29, 0.717) is 18.2 Å². The van der Waals surface area contributed by atoms with Crippen LogP contribution in [0.4, 0.5) is 4.39 Å². The van der Waals surface area contributed by atoms with Gasteiger partial charge in [0.05, 0.1) is 18.8 Å². The zero-order chi connectivity index (χ0) is 26.5. The molecule has 2 aromatic rings. The van der Waals surface area contributed by atoms with Crippen molar-refractivity contribution in [3.05, 3.63) is 77.1 Å². The van der Waals surface area contributed by atoms with Gasteiger partial charge in [0.2, 0.25) is 0 Å². The molecule has 1 saturated heterocycles. The van der Waals surface area contributed by atoms with Gasteiger partial charge in [0.1, 0.15) is 5.82 Å². The molecular formula is C31H46FNO2Si. The van der Waals surface area contributed by atoms with Crippen LogP contribution >= 0.6 is 0 Å². The number of nitrogens with zero attached hydrogens (tertiary/aromatic N) is 1. The summed E-state index contributed by atoms with van der Waals surface area (Å²) in [6.07, 6.45) is 4.99. The smallest absolute Gasteiger partial charge is 0.192 e. The number of benzene rings is 2. The van der Waals surface area contributed by atoms with E-state index in [9.17, 15) is 4.39 Å². The van der Waals surface area contributed by atoms with E-state index >= 15 is 0 Å². The topological polar surface area (TPSA) is 21.7 Å². The van der Waals surface area contributed by atoms with Crippen LogP contribution in [0.25, 0.3) is 6.08 Å². The van der Waals surface area contributed by atoms with E-state index in [1.165, 1.54) is 0 Å². The van der Waals surface area contributed by atoms with Crippen molar-refractivity contribution in [3.8, 4) is 0 Å². The van der Waals surface area contributed by atoms with E-state index in [2.05, 4.69) is 76.5 Å². The van der Waals surface area contributed by atoms with Crippen LogP contribution in [0.5, 0.6) is 0 Å². The lowest BCUT2D eigenvalue weighted by Crippen LogP contribution is -2.49. The van der Waals surface area contributed by atoms with E-state index in [4.69, 9.17) is 9.16 Å². The van der Waals surface area contributed by atoms with Gasteiger partial charge in [-0.1, -0.05) is 69.8 Å². The first-order chi connectivity index (χ1) is 16.9. The van der Waals surface area contributed by atoms with Crippen molar-refractivity contribution in [1.29, 1.82) is 0 Å². The van der Waals surface area contributed by atoms with Gasteiger partial charge in [-0.05, 0) is 86.1 Å². The van der Waals surface area contributed by atoms with E-state index in [1.807, 2.05) is 25.1 Å². The summed E-state index contributed by atoms with van der Waals surface area (Å²) in [7, 11) is -1.99. The molecule has 36 heavy (non-hydrogen) atoms. The number of aryl methyl sites for hydroxylation is 1. The molecule has 0 spiro atoms. The van der Waals surface area contributed by atoms with Gasteiger partial charge >= 0.3 is 0 Å². The Balaban J connectivity index is 1.73. The Labute approximate surface area is 219 Å². The van der Waals surface area contributed by atoms with Gasteiger partial charge in [-0.15, -0.1) is 0 Å². The zero-order valence-electron chi connectivity index (χ0n) is 23.4. The molecule has 0 amide bonds. The van der Waals surface area contributed by atoms with Gasteiger partial charge in [0.15, 0.2) is 8.32 Å². The third-order valence-electron chi connectivity index (χ3n) is 8.10. The third-order valence-corrected chi connectivity index (χ3v) is 12.6. The van der Waals surface area contributed by atoms with Gasteiger partial charge in [-0.2, -0.15) is 0 Å². The molecule has 1 aliphatic heterocycles. The number of hydrogen-bond acceptors (Lipinski definition) is 3. The third kappa shape index (κ3) is 7.38. The fraction of sp³-hybridized carbons (Fsp3) is 0.548. The molecule has 198 valence electrons. The molecule has 0 aromatic heterocycles. The lowest BCUT2D eigenvalue weighted by molar-refractivity contribution is -0.0118. The average Bonchev–Trinajstić information content (AvgIpc) is 3.25. The fourth-order valence-electron chi connectivity index (χ4n) is 4.79. The Morgan fingerprint density at radius 1 is 1.19 bits per heavy atom. The number of ether oxygens (including phenoxy) is 1. The van der Waals surface area contributed by atoms with Crippen LogP contribution in [0, 0.1) is 12.7 Å². The van der Waals surface area contributed by atoms with Crippen LogP contribution in [0.15, 0.2) is 49.0 Å². The monoisotopic (exact) mass is 511 g/mol. The minimum Gasteiger partial charge on any atom is -0.410 e. The maximum atomic E-state index is 14.2. The quantitative estimate of drug-likeness (QED) is 0.286. The number of rotatable bonds is 11. The molecule has 1 aliphatic rings. The molecule has 0 N–H and O–H groups in total. The van der Waals surface area contributed by atoms with Crippen molar-refractivity contribution >= 4 is 14.4 Å². The van der Waals surface area contributed by atoms with E-state index in [-0.39, 0.29) is 23.1 Å². The number of halogens is 1. The fourth-order valence-corrected chi connectivity index (χ4v) is 6.12. The lowest BCUT2D eigenvalue weighted by atomic mass is 10.0. The van der Waals surface area contributed by atoms with Crippen LogP contribution in [0.2, 0.25) is 18.1 Å². The summed E-state index contributed by atoms with van der Waals surface area (Å²) < 4.78 is 27.6. The Morgan fingerprint density at radius 3 is 2.58 bits per heavy atom. The minimum absolute atomic E-state index is 0.0143. The molecule has 1 heterocycles. The summed E-state index contributed by atoms with van der Waals surface area (Å²) in [5.74, 6) is -0.113. The highest BCUT2D eigenvalue weighted by atomic mass is 28.4. The summed E-state index contributed by atoms with van der Waals surface area (Å²) in [6, 6.07) is 14.3. The summed E-state index contributed by atoms with van der Waals surface area (Å²) in [4.78, 5) is 2.54. The van der Waals surface area contributed by atoms with Crippen LogP contribution in [0.3, 0.4) is 0 Å². The van der Waals surface area contributed by atoms with Crippen LogP contribution in [0.1, 0.15) is 68.9 Å². The highest BCUT2D eigenvalue weighted by Gasteiger charge is 2.40. The second-order valence-electron chi connectivity index (χ2n) is 11.9. The largest absolute Gasteiger partial charge is 0.410 e. The second-order valence-corrected chi connectivity index (χ2v) is 16.6. The highest BCUT2D eigenvalue weighted by molar-refractivity contribution is 6.74. The molecular weight excluding hydrogens is 465 g/mol. The van der Waals surface area contributed by atoms with Gasteiger partial charge in [-0.3, -0.25) is 4.90 Å². The Kier molecular flexibility index (Phi) is 9.72. The predicted octanol–water partition coefficient (Wildman–Crippen LogP) is 7.95. The lowest BCUT2D eigenvalue weighted by Gasteiger charge is -2.41. The van der Waals surface area contributed by atoms with Crippen molar-refractivity contribution < 1.29 is 13.6 Å². The Hall–Kier alpha value is -1.79. The molecule has 3 rings (SSSR count). The zero-order valence-corrected chi connectivity index (χ0v) is 24.4. The van der Waals surface area contributed by atoms with E-state index in [0.717, 1.165) is 49.0 Å². The molecule has 3 nitrogen and oxygen atoms in total. The summed E-state index contributed by atoms with van der Waals surface area (Å²) in [5.41, 5.74) is 4.03. The van der Waals surface area contributed by atoms with Gasteiger partial charge < -0.3 is 9.16 Å². The van der Waals surface area contributed by atoms with Crippen molar-refractivity contribution in [1.82, 2.24) is 4.90 Å². The maximum absolute atomic E-state index is 14.2. The van der Waals surface area contributed by atoms with Crippen LogP contribution in [-0.2, 0) is 15.6 Å². The molecule has 5 heteroatoms. The maximum Gasteiger partial charge on any atom is 0.192 e. The molecule has 0 aliphatic carbocycles. The van der Waals surface area contributed by atoms with Gasteiger partial charge in [0.25, 0.3) is 0 Å². The first kappa shape index (κ1) is 28.8. The van der Waals surface area contributed by atoms with Crippen molar-refractivity contribution in [2.24, 2.45) is 0 Å². The van der Waals surface area contributed by atoms with Gasteiger partial charge in [-0.25, -0.2) is 4.39 Å². The van der Waals surface area contributed by atoms with Gasteiger partial charge in [0, 0.05) is 12.6 Å². The Morgan fingerprint density at radius 2 is 1.92 bits per heavy atom. The molecule has 0 bridgehead atoms. The van der Waals surface area contributed by atoms with Crippen LogP contribution in [-0.4, -0.2) is 45.1 Å². The minimum atomic E-state index is -1.99. The van der Waals surface area contributed by atoms with Crippen molar-refractivity contribution in [2.45, 2.75) is 90.3 Å². The molecule has 0 radical (unpaired) electrons. The summed E-state index contributed by atoms with van der Waals surface area (Å²) in [6.45, 7) is 21.8. The van der Waals surface area contributed by atoms with E-state index < -0.39 is 8.32 Å². The number of hydrogen-bond donors (Lipinski definition) is 0. The SMILES string of the molecule is C=Cc1ccccc1C(C)OCC(CN1CCCC1Cc1ccc(C)c(F)c1)O[Si](C)(C)C(C)(C)C. The predicted molar refractivity (Wildman–Crippen MR) is 152 cm³/mol. The standard InChI is InChI=1S/C31H46FNO2Si/c1-9-26-13-10-11-15-29(26)24(3)34-22-28(35-36(7,8)31(4,5)6)21-33-18-12-14-27(33)19-25-17-16-23(2)30(32)20-25/h9-11,13,15-17,20,24,27-28H,1,12,14,18-19,21-22H2,2-8H3. The first-order valence-electron chi connectivity index (χ1n) is 13.4. The molecule has 3 unspecified atom stereocenters. The molecule has 2 aromatic carbocycles. The average molecular weight is 512 g/mol. The molecule has 1 fully saturated rings.